The molecule has 4 nitrogen and oxygen atoms in total. The van der Waals surface area contributed by atoms with Crippen LogP contribution in [0, 0.1) is 0 Å². The van der Waals surface area contributed by atoms with E-state index in [1.54, 1.807) is 0 Å². The number of hydrogen-bond donors (Lipinski definition) is 1. The maximum atomic E-state index is 12.6. The Morgan fingerprint density at radius 1 is 1.19 bits per heavy atom. The average molecular weight is 325 g/mol. The number of aliphatic hydroxyl groups excluding tert-OH is 1. The van der Waals surface area contributed by atoms with Crippen molar-refractivity contribution in [3.05, 3.63) is 29.8 Å². The van der Waals surface area contributed by atoms with E-state index in [0.29, 0.717) is 25.3 Å². The van der Waals surface area contributed by atoms with Crippen molar-refractivity contribution in [3.63, 3.8) is 0 Å². The van der Waals surface area contributed by atoms with Gasteiger partial charge in [0.05, 0.1) is 10.5 Å². The highest BCUT2D eigenvalue weighted by atomic mass is 32.2. The highest BCUT2D eigenvalue weighted by Crippen LogP contribution is 2.31. The minimum atomic E-state index is -4.58. The molecule has 120 valence electrons. The van der Waals surface area contributed by atoms with Crippen LogP contribution in [0.3, 0.4) is 0 Å². The Labute approximate surface area is 122 Å². The minimum absolute atomic E-state index is 0.0318. The standard InChI is InChI=1S/C13H18F3NO3S/c1-17(8-3-2-4-9-18)21(19,20)12-7-5-6-11(10-12)13(14,15)16/h5-7,10,18H,2-4,8-9H2,1H3. The molecule has 1 aromatic rings. The number of aliphatic hydroxyl groups is 1. The first-order chi connectivity index (χ1) is 9.69. The van der Waals surface area contributed by atoms with Crippen LogP contribution in [-0.4, -0.2) is 38.0 Å². The molecule has 0 saturated heterocycles. The molecule has 0 aliphatic carbocycles. The summed E-state index contributed by atoms with van der Waals surface area (Å²) in [5.74, 6) is 0. The summed E-state index contributed by atoms with van der Waals surface area (Å²) < 4.78 is 63.2. The molecule has 0 fully saturated rings. The summed E-state index contributed by atoms with van der Waals surface area (Å²) in [6, 6.07) is 3.70. The van der Waals surface area contributed by atoms with E-state index < -0.39 is 21.8 Å². The molecule has 1 rings (SSSR count). The summed E-state index contributed by atoms with van der Waals surface area (Å²) in [6.45, 7) is 0.225. The van der Waals surface area contributed by atoms with E-state index >= 15 is 0 Å². The molecular weight excluding hydrogens is 307 g/mol. The monoisotopic (exact) mass is 325 g/mol. The van der Waals surface area contributed by atoms with Gasteiger partial charge in [-0.2, -0.15) is 13.2 Å². The van der Waals surface area contributed by atoms with Crippen LogP contribution < -0.4 is 0 Å². The molecule has 0 heterocycles. The number of halogens is 3. The van der Waals surface area contributed by atoms with Gasteiger partial charge in [-0.1, -0.05) is 6.07 Å². The average Bonchev–Trinajstić information content (AvgIpc) is 2.42. The van der Waals surface area contributed by atoms with Gasteiger partial charge >= 0.3 is 6.18 Å². The van der Waals surface area contributed by atoms with E-state index in [1.165, 1.54) is 7.05 Å². The number of hydrogen-bond acceptors (Lipinski definition) is 3. The Morgan fingerprint density at radius 2 is 1.86 bits per heavy atom. The predicted molar refractivity (Wildman–Crippen MR) is 72.2 cm³/mol. The molecule has 0 saturated carbocycles. The third-order valence-corrected chi connectivity index (χ3v) is 4.85. The number of sulfonamides is 1. The van der Waals surface area contributed by atoms with Crippen molar-refractivity contribution < 1.29 is 26.7 Å². The first kappa shape index (κ1) is 17.9. The third-order valence-electron chi connectivity index (χ3n) is 3.00. The van der Waals surface area contributed by atoms with Gasteiger partial charge in [0.15, 0.2) is 0 Å². The number of unbranched alkanes of at least 4 members (excludes halogenated alkanes) is 2. The van der Waals surface area contributed by atoms with E-state index in [4.69, 9.17) is 5.11 Å². The van der Waals surface area contributed by atoms with Crippen LogP contribution in [0.1, 0.15) is 24.8 Å². The fourth-order valence-electron chi connectivity index (χ4n) is 1.76. The van der Waals surface area contributed by atoms with E-state index in [0.717, 1.165) is 22.5 Å². The van der Waals surface area contributed by atoms with Crippen LogP contribution in [0.2, 0.25) is 0 Å². The molecule has 0 aromatic heterocycles. The summed E-state index contributed by atoms with van der Waals surface area (Å²) >= 11 is 0. The fourth-order valence-corrected chi connectivity index (χ4v) is 3.01. The van der Waals surface area contributed by atoms with Crippen molar-refractivity contribution in [2.75, 3.05) is 20.2 Å². The van der Waals surface area contributed by atoms with Gasteiger partial charge < -0.3 is 5.11 Å². The lowest BCUT2D eigenvalue weighted by molar-refractivity contribution is -0.137. The normalized spacial score (nSPS) is 12.9. The molecule has 0 radical (unpaired) electrons. The quantitative estimate of drug-likeness (QED) is 0.784. The molecule has 0 unspecified atom stereocenters. The van der Waals surface area contributed by atoms with Gasteiger partial charge in [0.1, 0.15) is 0 Å². The van der Waals surface area contributed by atoms with Crippen molar-refractivity contribution in [2.45, 2.75) is 30.3 Å². The molecule has 21 heavy (non-hydrogen) atoms. The van der Waals surface area contributed by atoms with Crippen LogP contribution in [0.15, 0.2) is 29.2 Å². The maximum Gasteiger partial charge on any atom is 0.416 e. The van der Waals surface area contributed by atoms with Gasteiger partial charge in [0, 0.05) is 20.2 Å². The molecule has 0 amide bonds. The zero-order chi connectivity index (χ0) is 16.1. The van der Waals surface area contributed by atoms with Crippen LogP contribution >= 0.6 is 0 Å². The Balaban J connectivity index is 2.87. The molecule has 0 aliphatic heterocycles. The van der Waals surface area contributed by atoms with Crippen molar-refractivity contribution in [3.8, 4) is 0 Å². The lowest BCUT2D eigenvalue weighted by atomic mass is 10.2. The van der Waals surface area contributed by atoms with Crippen LogP contribution in [0.25, 0.3) is 0 Å². The van der Waals surface area contributed by atoms with Crippen LogP contribution in [0.5, 0.6) is 0 Å². The molecule has 0 aliphatic rings. The Bertz CT molecular complexity index is 558. The highest BCUT2D eigenvalue weighted by molar-refractivity contribution is 7.89. The van der Waals surface area contributed by atoms with Gasteiger partial charge in [-0.25, -0.2) is 12.7 Å². The van der Waals surface area contributed by atoms with E-state index in [2.05, 4.69) is 0 Å². The minimum Gasteiger partial charge on any atom is -0.396 e. The van der Waals surface area contributed by atoms with Crippen molar-refractivity contribution in [2.24, 2.45) is 0 Å². The zero-order valence-corrected chi connectivity index (χ0v) is 12.4. The Morgan fingerprint density at radius 3 is 2.43 bits per heavy atom. The molecule has 8 heteroatoms. The van der Waals surface area contributed by atoms with Gasteiger partial charge in [-0.3, -0.25) is 0 Å². The zero-order valence-electron chi connectivity index (χ0n) is 11.6. The fraction of sp³-hybridized carbons (Fsp3) is 0.538. The number of alkyl halides is 3. The van der Waals surface area contributed by atoms with E-state index in [1.807, 2.05) is 0 Å². The Hall–Kier alpha value is -1.12. The summed E-state index contributed by atoms with van der Waals surface area (Å²) in [5, 5.41) is 8.64. The number of nitrogens with zero attached hydrogens (tertiary/aromatic N) is 1. The summed E-state index contributed by atoms with van der Waals surface area (Å²) in [6.07, 6.45) is -2.82. The molecule has 0 atom stereocenters. The SMILES string of the molecule is CN(CCCCCO)S(=O)(=O)c1cccc(C(F)(F)F)c1. The molecule has 1 N–H and O–H groups in total. The second-order valence-electron chi connectivity index (χ2n) is 4.64. The summed E-state index contributed by atoms with van der Waals surface area (Å²) in [7, 11) is -2.61. The summed E-state index contributed by atoms with van der Waals surface area (Å²) in [4.78, 5) is -0.373. The predicted octanol–water partition coefficient (Wildman–Crippen LogP) is 2.49. The van der Waals surface area contributed by atoms with Crippen molar-refractivity contribution in [1.82, 2.24) is 4.31 Å². The molecule has 1 aromatic carbocycles. The number of rotatable bonds is 7. The molecule has 0 spiro atoms. The van der Waals surface area contributed by atoms with Crippen molar-refractivity contribution >= 4 is 10.0 Å². The highest BCUT2D eigenvalue weighted by Gasteiger charge is 2.32. The third kappa shape index (κ3) is 4.98. The summed E-state index contributed by atoms with van der Waals surface area (Å²) in [5.41, 5.74) is -0.989. The second-order valence-corrected chi connectivity index (χ2v) is 6.68. The Kier molecular flexibility index (Phi) is 6.18. The maximum absolute atomic E-state index is 12.6. The largest absolute Gasteiger partial charge is 0.416 e. The van der Waals surface area contributed by atoms with E-state index in [-0.39, 0.29) is 18.0 Å². The first-order valence-electron chi connectivity index (χ1n) is 6.44. The lowest BCUT2D eigenvalue weighted by Gasteiger charge is -2.18. The molecule has 0 bridgehead atoms. The number of benzene rings is 1. The molecular formula is C13H18F3NO3S. The first-order valence-corrected chi connectivity index (χ1v) is 7.88. The smallest absolute Gasteiger partial charge is 0.396 e. The lowest BCUT2D eigenvalue weighted by Crippen LogP contribution is -2.28. The van der Waals surface area contributed by atoms with Crippen molar-refractivity contribution in [1.29, 1.82) is 0 Å². The van der Waals surface area contributed by atoms with Crippen LogP contribution in [-0.2, 0) is 16.2 Å². The van der Waals surface area contributed by atoms with Gasteiger partial charge in [-0.05, 0) is 37.5 Å². The van der Waals surface area contributed by atoms with Crippen LogP contribution in [0.4, 0.5) is 13.2 Å². The van der Waals surface area contributed by atoms with E-state index in [9.17, 15) is 21.6 Å². The van der Waals surface area contributed by atoms with Gasteiger partial charge in [0.2, 0.25) is 10.0 Å². The van der Waals surface area contributed by atoms with Gasteiger partial charge in [-0.15, -0.1) is 0 Å². The van der Waals surface area contributed by atoms with Gasteiger partial charge in [0.25, 0.3) is 0 Å². The topological polar surface area (TPSA) is 57.6 Å². The second kappa shape index (κ2) is 7.24.